The molecular formula is C12H14Cl2N2O2S. The van der Waals surface area contributed by atoms with Crippen LogP contribution in [0.3, 0.4) is 0 Å². The van der Waals surface area contributed by atoms with Crippen LogP contribution >= 0.6 is 23.2 Å². The highest BCUT2D eigenvalue weighted by Crippen LogP contribution is 2.35. The number of hydrogen-bond donors (Lipinski definition) is 1. The molecular weight excluding hydrogens is 307 g/mol. The molecule has 0 saturated carbocycles. The quantitative estimate of drug-likeness (QED) is 0.908. The van der Waals surface area contributed by atoms with Crippen LogP contribution in [0.15, 0.2) is 23.1 Å². The number of fused-ring (bicyclic) bond motifs is 2. The molecule has 0 amide bonds. The predicted molar refractivity (Wildman–Crippen MR) is 75.2 cm³/mol. The zero-order valence-corrected chi connectivity index (χ0v) is 12.5. The van der Waals surface area contributed by atoms with Crippen molar-refractivity contribution in [1.29, 1.82) is 0 Å². The third kappa shape index (κ3) is 2.28. The van der Waals surface area contributed by atoms with Gasteiger partial charge in [-0.3, -0.25) is 0 Å². The van der Waals surface area contributed by atoms with Crippen molar-refractivity contribution >= 4 is 33.2 Å². The summed E-state index contributed by atoms with van der Waals surface area (Å²) in [5, 5.41) is 3.87. The van der Waals surface area contributed by atoms with Gasteiger partial charge in [-0.25, -0.2) is 8.42 Å². The monoisotopic (exact) mass is 320 g/mol. The van der Waals surface area contributed by atoms with Crippen molar-refractivity contribution < 1.29 is 8.42 Å². The Morgan fingerprint density at radius 1 is 1.16 bits per heavy atom. The van der Waals surface area contributed by atoms with E-state index in [1.54, 1.807) is 10.4 Å². The Kier molecular flexibility index (Phi) is 3.52. The fourth-order valence-electron chi connectivity index (χ4n) is 2.92. The summed E-state index contributed by atoms with van der Waals surface area (Å²) < 4.78 is 27.2. The van der Waals surface area contributed by atoms with Gasteiger partial charge in [-0.15, -0.1) is 0 Å². The lowest BCUT2D eigenvalue weighted by molar-refractivity contribution is 0.263. The van der Waals surface area contributed by atoms with E-state index in [1.807, 2.05) is 0 Å². The molecule has 19 heavy (non-hydrogen) atoms. The minimum absolute atomic E-state index is 0.0267. The maximum Gasteiger partial charge on any atom is 0.245 e. The number of nitrogens with one attached hydrogen (secondary N) is 1. The Balaban J connectivity index is 2.05. The average molecular weight is 321 g/mol. The third-order valence-electron chi connectivity index (χ3n) is 3.76. The average Bonchev–Trinajstić information content (AvgIpc) is 2.64. The summed E-state index contributed by atoms with van der Waals surface area (Å²) in [5.74, 6) is 0. The van der Waals surface area contributed by atoms with Crippen LogP contribution in [0.5, 0.6) is 0 Å². The van der Waals surface area contributed by atoms with Crippen molar-refractivity contribution in [3.8, 4) is 0 Å². The normalized spacial score (nSPS) is 27.7. The Morgan fingerprint density at radius 3 is 2.42 bits per heavy atom. The number of hydrogen-bond acceptors (Lipinski definition) is 3. The highest BCUT2D eigenvalue weighted by atomic mass is 35.5. The number of rotatable bonds is 2. The van der Waals surface area contributed by atoms with E-state index in [0.717, 1.165) is 12.8 Å². The molecule has 7 heteroatoms. The summed E-state index contributed by atoms with van der Waals surface area (Å²) >= 11 is 11.9. The molecule has 2 atom stereocenters. The van der Waals surface area contributed by atoms with Crippen LogP contribution in [-0.4, -0.2) is 37.9 Å². The lowest BCUT2D eigenvalue weighted by Crippen LogP contribution is -2.54. The van der Waals surface area contributed by atoms with Crippen molar-refractivity contribution in [3.63, 3.8) is 0 Å². The lowest BCUT2D eigenvalue weighted by atomic mass is 10.2. The molecule has 2 aliphatic rings. The van der Waals surface area contributed by atoms with Crippen molar-refractivity contribution in [2.24, 2.45) is 0 Å². The highest BCUT2D eigenvalue weighted by molar-refractivity contribution is 7.89. The lowest BCUT2D eigenvalue weighted by Gasteiger charge is -2.34. The van der Waals surface area contributed by atoms with Crippen molar-refractivity contribution in [2.75, 3.05) is 13.1 Å². The summed E-state index contributed by atoms with van der Waals surface area (Å²) in [5.41, 5.74) is 0. The van der Waals surface area contributed by atoms with Gasteiger partial charge < -0.3 is 5.32 Å². The summed E-state index contributed by atoms with van der Waals surface area (Å²) in [6, 6.07) is 4.61. The first-order valence-corrected chi connectivity index (χ1v) is 8.39. The maximum absolute atomic E-state index is 12.8. The van der Waals surface area contributed by atoms with Crippen LogP contribution in [0.2, 0.25) is 10.0 Å². The van der Waals surface area contributed by atoms with Gasteiger partial charge in [0.25, 0.3) is 0 Å². The van der Waals surface area contributed by atoms with Crippen molar-refractivity contribution in [1.82, 2.24) is 9.62 Å². The number of sulfonamides is 1. The number of piperazine rings is 1. The minimum atomic E-state index is -3.57. The van der Waals surface area contributed by atoms with Gasteiger partial charge in [0.05, 0.1) is 5.02 Å². The Labute approximate surface area is 122 Å². The molecule has 2 heterocycles. The van der Waals surface area contributed by atoms with Crippen molar-refractivity contribution in [2.45, 2.75) is 29.8 Å². The van der Waals surface area contributed by atoms with Gasteiger partial charge in [0.1, 0.15) is 4.90 Å². The van der Waals surface area contributed by atoms with Gasteiger partial charge in [0, 0.05) is 30.2 Å². The van der Waals surface area contributed by atoms with E-state index in [1.165, 1.54) is 12.1 Å². The third-order valence-corrected chi connectivity index (χ3v) is 6.48. The van der Waals surface area contributed by atoms with Crippen LogP contribution in [0.1, 0.15) is 12.8 Å². The van der Waals surface area contributed by atoms with E-state index >= 15 is 0 Å². The Hall–Kier alpha value is -0.330. The molecule has 2 fully saturated rings. The minimum Gasteiger partial charge on any atom is -0.314 e. The molecule has 0 aromatic heterocycles. The molecule has 104 valence electrons. The summed E-state index contributed by atoms with van der Waals surface area (Å²) in [6.45, 7) is 1.40. The molecule has 0 radical (unpaired) electrons. The molecule has 2 saturated heterocycles. The van der Waals surface area contributed by atoms with E-state index in [-0.39, 0.29) is 22.0 Å². The van der Waals surface area contributed by atoms with Gasteiger partial charge in [-0.1, -0.05) is 23.2 Å². The summed E-state index contributed by atoms with van der Waals surface area (Å²) in [7, 11) is -3.57. The van der Waals surface area contributed by atoms with E-state index in [2.05, 4.69) is 5.32 Å². The first-order chi connectivity index (χ1) is 9.00. The first kappa shape index (κ1) is 13.6. The van der Waals surface area contributed by atoms with Crippen LogP contribution < -0.4 is 5.32 Å². The second-order valence-corrected chi connectivity index (χ2v) is 7.61. The fourth-order valence-corrected chi connectivity index (χ4v) is 5.53. The molecule has 0 spiro atoms. The second-order valence-electron chi connectivity index (χ2n) is 4.95. The first-order valence-electron chi connectivity index (χ1n) is 6.19. The van der Waals surface area contributed by atoms with Gasteiger partial charge >= 0.3 is 0 Å². The van der Waals surface area contributed by atoms with Gasteiger partial charge in [-0.2, -0.15) is 4.31 Å². The molecule has 2 aliphatic heterocycles. The number of nitrogens with zero attached hydrogens (tertiary/aromatic N) is 1. The summed E-state index contributed by atoms with van der Waals surface area (Å²) in [4.78, 5) is 0.112. The molecule has 1 aromatic carbocycles. The Morgan fingerprint density at radius 2 is 1.79 bits per heavy atom. The zero-order valence-electron chi connectivity index (χ0n) is 10.1. The van der Waals surface area contributed by atoms with E-state index in [0.29, 0.717) is 18.1 Å². The molecule has 1 N–H and O–H groups in total. The molecule has 1 aromatic rings. The summed E-state index contributed by atoms with van der Waals surface area (Å²) in [6.07, 6.45) is 1.80. The van der Waals surface area contributed by atoms with Crippen molar-refractivity contribution in [3.05, 3.63) is 28.2 Å². The zero-order chi connectivity index (χ0) is 13.6. The van der Waals surface area contributed by atoms with Crippen LogP contribution in [0, 0.1) is 0 Å². The smallest absolute Gasteiger partial charge is 0.245 e. The molecule has 3 rings (SSSR count). The molecule has 2 bridgehead atoms. The van der Waals surface area contributed by atoms with E-state index < -0.39 is 10.0 Å². The topological polar surface area (TPSA) is 49.4 Å². The highest BCUT2D eigenvalue weighted by Gasteiger charge is 2.44. The van der Waals surface area contributed by atoms with E-state index in [4.69, 9.17) is 23.2 Å². The number of halogens is 2. The standard InChI is InChI=1S/C12H14Cl2N2O2S/c13-8-1-4-11(14)12(5-8)19(17,18)16-9-2-3-10(16)7-15-6-9/h1,4-5,9-10,15H,2-3,6-7H2. The molecule has 4 nitrogen and oxygen atoms in total. The van der Waals surface area contributed by atoms with Crippen LogP contribution in [0.4, 0.5) is 0 Å². The van der Waals surface area contributed by atoms with Crippen LogP contribution in [-0.2, 0) is 10.0 Å². The van der Waals surface area contributed by atoms with Gasteiger partial charge in [0.2, 0.25) is 10.0 Å². The van der Waals surface area contributed by atoms with E-state index in [9.17, 15) is 8.42 Å². The predicted octanol–water partition coefficient (Wildman–Crippen LogP) is 2.12. The molecule has 0 aliphatic carbocycles. The molecule has 2 unspecified atom stereocenters. The second kappa shape index (κ2) is 4.90. The van der Waals surface area contributed by atoms with Crippen LogP contribution in [0.25, 0.3) is 0 Å². The number of benzene rings is 1. The largest absolute Gasteiger partial charge is 0.314 e. The van der Waals surface area contributed by atoms with Gasteiger partial charge in [0.15, 0.2) is 0 Å². The fraction of sp³-hybridized carbons (Fsp3) is 0.500. The Bertz CT molecular complexity index is 590. The maximum atomic E-state index is 12.8. The van der Waals surface area contributed by atoms with Gasteiger partial charge in [-0.05, 0) is 31.0 Å². The SMILES string of the molecule is O=S(=O)(c1cc(Cl)ccc1Cl)N1C2CCC1CNC2.